The molecular weight excluding hydrogens is 332 g/mol. The van der Waals surface area contributed by atoms with Crippen molar-refractivity contribution in [2.24, 2.45) is 0 Å². The molecule has 110 valence electrons. The Bertz CT molecular complexity index is 665. The lowest BCUT2D eigenvalue weighted by Gasteiger charge is -2.09. The van der Waals surface area contributed by atoms with E-state index in [9.17, 15) is 4.79 Å². The van der Waals surface area contributed by atoms with Crippen LogP contribution in [0.25, 0.3) is 0 Å². The Hall–Kier alpha value is -1.81. The van der Waals surface area contributed by atoms with Gasteiger partial charge in [0.1, 0.15) is 11.5 Å². The number of aryl methyl sites for hydroxylation is 1. The van der Waals surface area contributed by atoms with Crippen molar-refractivity contribution in [3.8, 4) is 11.5 Å². The Labute approximate surface area is 133 Å². The number of ketones is 1. The Morgan fingerprint density at radius 3 is 2.52 bits per heavy atom. The maximum absolute atomic E-state index is 12.4. The van der Waals surface area contributed by atoms with E-state index in [0.717, 1.165) is 27.1 Å². The van der Waals surface area contributed by atoms with Gasteiger partial charge in [0.15, 0.2) is 5.78 Å². The molecule has 0 N–H and O–H groups in total. The molecule has 0 spiro atoms. The molecule has 0 bridgehead atoms. The van der Waals surface area contributed by atoms with Gasteiger partial charge in [0.2, 0.25) is 0 Å². The Kier molecular flexibility index (Phi) is 5.02. The number of rotatable bonds is 5. The van der Waals surface area contributed by atoms with Crippen LogP contribution < -0.4 is 9.47 Å². The summed E-state index contributed by atoms with van der Waals surface area (Å²) in [4.78, 5) is 12.4. The molecule has 0 heterocycles. The van der Waals surface area contributed by atoms with Gasteiger partial charge in [-0.15, -0.1) is 0 Å². The summed E-state index contributed by atoms with van der Waals surface area (Å²) in [5, 5.41) is 0. The van der Waals surface area contributed by atoms with Gasteiger partial charge in [-0.3, -0.25) is 4.79 Å². The molecule has 3 nitrogen and oxygen atoms in total. The molecule has 2 aromatic rings. The van der Waals surface area contributed by atoms with Crippen molar-refractivity contribution in [3.05, 3.63) is 57.6 Å². The Morgan fingerprint density at radius 1 is 1.10 bits per heavy atom. The molecule has 0 aliphatic rings. The largest absolute Gasteiger partial charge is 0.497 e. The van der Waals surface area contributed by atoms with Crippen molar-refractivity contribution in [3.63, 3.8) is 0 Å². The lowest BCUT2D eigenvalue weighted by molar-refractivity contribution is 0.0992. The van der Waals surface area contributed by atoms with Crippen LogP contribution in [-0.4, -0.2) is 20.0 Å². The van der Waals surface area contributed by atoms with Crippen LogP contribution in [0.5, 0.6) is 11.5 Å². The number of carbonyl (C=O) groups is 1. The van der Waals surface area contributed by atoms with E-state index in [1.807, 2.05) is 37.3 Å². The topological polar surface area (TPSA) is 35.5 Å². The van der Waals surface area contributed by atoms with Gasteiger partial charge >= 0.3 is 0 Å². The number of halogens is 1. The van der Waals surface area contributed by atoms with Crippen molar-refractivity contribution in [1.29, 1.82) is 0 Å². The average molecular weight is 349 g/mol. The molecule has 2 aromatic carbocycles. The van der Waals surface area contributed by atoms with E-state index in [4.69, 9.17) is 9.47 Å². The number of carbonyl (C=O) groups excluding carboxylic acids is 1. The van der Waals surface area contributed by atoms with Gasteiger partial charge < -0.3 is 9.47 Å². The van der Waals surface area contributed by atoms with Gasteiger partial charge in [0, 0.05) is 16.5 Å². The molecular formula is C17H17BrO3. The number of hydrogen-bond acceptors (Lipinski definition) is 3. The fourth-order valence-electron chi connectivity index (χ4n) is 2.08. The van der Waals surface area contributed by atoms with Crippen molar-refractivity contribution >= 4 is 21.7 Å². The molecule has 0 saturated heterocycles. The van der Waals surface area contributed by atoms with E-state index >= 15 is 0 Å². The number of Topliss-reactive ketones (excluding diaryl/α,β-unsaturated/α-hetero) is 1. The lowest BCUT2D eigenvalue weighted by Crippen LogP contribution is -2.05. The van der Waals surface area contributed by atoms with Gasteiger partial charge in [0.05, 0.1) is 14.2 Å². The molecule has 0 amide bonds. The molecule has 0 radical (unpaired) electrons. The highest BCUT2D eigenvalue weighted by molar-refractivity contribution is 9.10. The van der Waals surface area contributed by atoms with Crippen molar-refractivity contribution in [2.75, 3.05) is 14.2 Å². The van der Waals surface area contributed by atoms with Crippen LogP contribution in [0.3, 0.4) is 0 Å². The summed E-state index contributed by atoms with van der Waals surface area (Å²) in [5.41, 5.74) is 2.56. The third kappa shape index (κ3) is 3.64. The van der Waals surface area contributed by atoms with Crippen LogP contribution in [0, 0.1) is 6.92 Å². The van der Waals surface area contributed by atoms with E-state index in [1.54, 1.807) is 20.3 Å². The fraction of sp³-hybridized carbons (Fsp3) is 0.235. The second-order valence-electron chi connectivity index (χ2n) is 4.74. The maximum Gasteiger partial charge on any atom is 0.167 e. The zero-order valence-corrected chi connectivity index (χ0v) is 13.9. The monoisotopic (exact) mass is 348 g/mol. The first-order valence-corrected chi connectivity index (χ1v) is 7.34. The summed E-state index contributed by atoms with van der Waals surface area (Å²) in [5.74, 6) is 1.51. The van der Waals surface area contributed by atoms with Crippen molar-refractivity contribution in [1.82, 2.24) is 0 Å². The van der Waals surface area contributed by atoms with Crippen LogP contribution in [0.2, 0.25) is 0 Å². The summed E-state index contributed by atoms with van der Waals surface area (Å²) >= 11 is 3.47. The predicted octanol–water partition coefficient (Wildman–Crippen LogP) is 4.20. The molecule has 4 heteroatoms. The Morgan fingerprint density at radius 2 is 1.86 bits per heavy atom. The third-order valence-corrected chi connectivity index (χ3v) is 4.11. The van der Waals surface area contributed by atoms with Crippen molar-refractivity contribution in [2.45, 2.75) is 13.3 Å². The number of hydrogen-bond donors (Lipinski definition) is 0. The van der Waals surface area contributed by atoms with Crippen LogP contribution in [-0.2, 0) is 6.42 Å². The minimum atomic E-state index is 0.0438. The van der Waals surface area contributed by atoms with Crippen LogP contribution in [0.4, 0.5) is 0 Å². The van der Waals surface area contributed by atoms with Gasteiger partial charge in [-0.25, -0.2) is 0 Å². The third-order valence-electron chi connectivity index (χ3n) is 3.33. The fourth-order valence-corrected chi connectivity index (χ4v) is 2.47. The van der Waals surface area contributed by atoms with Crippen LogP contribution >= 0.6 is 15.9 Å². The average Bonchev–Trinajstić information content (AvgIpc) is 2.49. The van der Waals surface area contributed by atoms with E-state index in [-0.39, 0.29) is 5.78 Å². The van der Waals surface area contributed by atoms with Gasteiger partial charge in [-0.1, -0.05) is 28.1 Å². The minimum absolute atomic E-state index is 0.0438. The highest BCUT2D eigenvalue weighted by Gasteiger charge is 2.12. The SMILES string of the molecule is COc1ccc(Br)c(CC(=O)c2ccc(C)c(OC)c2)c1. The maximum atomic E-state index is 12.4. The van der Waals surface area contributed by atoms with Gasteiger partial charge in [-0.2, -0.15) is 0 Å². The molecule has 0 aliphatic carbocycles. The van der Waals surface area contributed by atoms with Gasteiger partial charge in [-0.05, 0) is 42.3 Å². The first kappa shape index (κ1) is 15.6. The molecule has 2 rings (SSSR count). The second kappa shape index (κ2) is 6.76. The zero-order chi connectivity index (χ0) is 15.4. The highest BCUT2D eigenvalue weighted by Crippen LogP contribution is 2.25. The second-order valence-corrected chi connectivity index (χ2v) is 5.60. The molecule has 0 aliphatic heterocycles. The number of ether oxygens (including phenoxy) is 2. The molecule has 0 atom stereocenters. The molecule has 0 fully saturated rings. The predicted molar refractivity (Wildman–Crippen MR) is 86.5 cm³/mol. The molecule has 21 heavy (non-hydrogen) atoms. The summed E-state index contributed by atoms with van der Waals surface area (Å²) in [7, 11) is 3.22. The highest BCUT2D eigenvalue weighted by atomic mass is 79.9. The smallest absolute Gasteiger partial charge is 0.167 e. The number of benzene rings is 2. The molecule has 0 aromatic heterocycles. The summed E-state index contributed by atoms with van der Waals surface area (Å²) in [6.07, 6.45) is 0.310. The normalized spacial score (nSPS) is 10.3. The molecule has 0 unspecified atom stereocenters. The minimum Gasteiger partial charge on any atom is -0.497 e. The molecule has 0 saturated carbocycles. The first-order chi connectivity index (χ1) is 10.0. The quantitative estimate of drug-likeness (QED) is 0.759. The van der Waals surface area contributed by atoms with Crippen LogP contribution in [0.15, 0.2) is 40.9 Å². The van der Waals surface area contributed by atoms with Gasteiger partial charge in [0.25, 0.3) is 0 Å². The first-order valence-electron chi connectivity index (χ1n) is 6.55. The van der Waals surface area contributed by atoms with E-state index in [0.29, 0.717) is 12.0 Å². The standard InChI is InChI=1S/C17H17BrO3/c1-11-4-5-12(10-17(11)21-3)16(19)9-13-8-14(20-2)6-7-15(13)18/h4-8,10H,9H2,1-3H3. The van der Waals surface area contributed by atoms with E-state index in [2.05, 4.69) is 15.9 Å². The summed E-state index contributed by atoms with van der Waals surface area (Å²) < 4.78 is 11.4. The Balaban J connectivity index is 2.25. The summed E-state index contributed by atoms with van der Waals surface area (Å²) in [6, 6.07) is 11.1. The van der Waals surface area contributed by atoms with E-state index in [1.165, 1.54) is 0 Å². The van der Waals surface area contributed by atoms with Crippen LogP contribution in [0.1, 0.15) is 21.5 Å². The summed E-state index contributed by atoms with van der Waals surface area (Å²) in [6.45, 7) is 1.95. The number of methoxy groups -OCH3 is 2. The van der Waals surface area contributed by atoms with Crippen molar-refractivity contribution < 1.29 is 14.3 Å². The lowest BCUT2D eigenvalue weighted by atomic mass is 10.0. The zero-order valence-electron chi connectivity index (χ0n) is 12.3. The van der Waals surface area contributed by atoms with E-state index < -0.39 is 0 Å².